The third kappa shape index (κ3) is 3.98. The number of nitro groups is 1. The van der Waals surface area contributed by atoms with Gasteiger partial charge in [-0.25, -0.2) is 9.78 Å². The van der Waals surface area contributed by atoms with E-state index in [4.69, 9.17) is 4.74 Å². The molecule has 130 valence electrons. The summed E-state index contributed by atoms with van der Waals surface area (Å²) >= 11 is 0. The minimum atomic E-state index is -0.727. The monoisotopic (exact) mass is 335 g/mol. The molecule has 0 fully saturated rings. The fraction of sp³-hybridized carbons (Fsp3) is 0.533. The highest BCUT2D eigenvalue weighted by Gasteiger charge is 2.26. The van der Waals surface area contributed by atoms with Gasteiger partial charge in [-0.05, 0) is 13.0 Å². The minimum absolute atomic E-state index is 0.0692. The molecule has 0 atom stereocenters. The standard InChI is InChI=1S/C15H21N5O4/c1-3-12-16-7-9-19(12)10-8-18-14-13(20(22)23)11(5-6-17-14)15(21)24-4-2/h5-6H,3-4,7-10H2,1-2H3,(H,17,18). The zero-order valence-corrected chi connectivity index (χ0v) is 13.8. The lowest BCUT2D eigenvalue weighted by Crippen LogP contribution is -2.32. The van der Waals surface area contributed by atoms with Gasteiger partial charge in [0, 0.05) is 32.3 Å². The molecule has 0 amide bonds. The molecule has 2 heterocycles. The SMILES string of the molecule is CCOC(=O)c1ccnc(NCCN2CCN=C2CC)c1[N+](=O)[O-]. The summed E-state index contributed by atoms with van der Waals surface area (Å²) in [7, 11) is 0. The summed E-state index contributed by atoms with van der Waals surface area (Å²) < 4.78 is 4.87. The summed E-state index contributed by atoms with van der Waals surface area (Å²) in [6.07, 6.45) is 2.22. The molecule has 0 saturated heterocycles. The summed E-state index contributed by atoms with van der Waals surface area (Å²) in [4.78, 5) is 33.1. The van der Waals surface area contributed by atoms with Gasteiger partial charge < -0.3 is 15.0 Å². The van der Waals surface area contributed by atoms with Crippen LogP contribution in [0.15, 0.2) is 17.3 Å². The van der Waals surface area contributed by atoms with Crippen LogP contribution in [-0.2, 0) is 4.74 Å². The molecule has 0 bridgehead atoms. The van der Waals surface area contributed by atoms with E-state index in [9.17, 15) is 14.9 Å². The molecule has 9 heteroatoms. The van der Waals surface area contributed by atoms with E-state index in [1.54, 1.807) is 6.92 Å². The van der Waals surface area contributed by atoms with Gasteiger partial charge in [0.25, 0.3) is 0 Å². The Bertz CT molecular complexity index is 647. The van der Waals surface area contributed by atoms with Crippen molar-refractivity contribution < 1.29 is 14.5 Å². The van der Waals surface area contributed by atoms with Crippen LogP contribution in [0.25, 0.3) is 0 Å². The van der Waals surface area contributed by atoms with Crippen LogP contribution in [0.5, 0.6) is 0 Å². The van der Waals surface area contributed by atoms with Gasteiger partial charge in [0.15, 0.2) is 0 Å². The number of aliphatic imine (C=N–C) groups is 1. The minimum Gasteiger partial charge on any atom is -0.462 e. The van der Waals surface area contributed by atoms with Crippen molar-refractivity contribution in [3.63, 3.8) is 0 Å². The number of carbonyl (C=O) groups is 1. The fourth-order valence-electron chi connectivity index (χ4n) is 2.56. The second-order valence-electron chi connectivity index (χ2n) is 5.10. The van der Waals surface area contributed by atoms with Crippen molar-refractivity contribution in [2.75, 3.05) is 38.1 Å². The summed E-state index contributed by atoms with van der Waals surface area (Å²) in [5.41, 5.74) is -0.460. The largest absolute Gasteiger partial charge is 0.462 e. The Morgan fingerprint density at radius 3 is 2.96 bits per heavy atom. The zero-order chi connectivity index (χ0) is 17.5. The molecule has 2 rings (SSSR count). The molecule has 1 aromatic heterocycles. The first-order valence-electron chi connectivity index (χ1n) is 7.91. The molecule has 0 aromatic carbocycles. The maximum absolute atomic E-state index is 11.9. The number of nitrogens with zero attached hydrogens (tertiary/aromatic N) is 4. The third-order valence-electron chi connectivity index (χ3n) is 3.62. The number of esters is 1. The Kier molecular flexibility index (Phi) is 6.05. The maximum atomic E-state index is 11.9. The maximum Gasteiger partial charge on any atom is 0.345 e. The average Bonchev–Trinajstić information content (AvgIpc) is 3.02. The first-order valence-corrected chi connectivity index (χ1v) is 7.91. The van der Waals surface area contributed by atoms with E-state index in [0.29, 0.717) is 13.1 Å². The van der Waals surface area contributed by atoms with E-state index in [1.165, 1.54) is 12.3 Å². The number of hydrogen-bond acceptors (Lipinski definition) is 8. The zero-order valence-electron chi connectivity index (χ0n) is 13.8. The molecule has 0 saturated carbocycles. The number of nitrogens with one attached hydrogen (secondary N) is 1. The van der Waals surface area contributed by atoms with Crippen molar-refractivity contribution in [2.45, 2.75) is 20.3 Å². The van der Waals surface area contributed by atoms with E-state index < -0.39 is 10.9 Å². The molecular weight excluding hydrogens is 314 g/mol. The normalized spacial score (nSPS) is 13.6. The van der Waals surface area contributed by atoms with Gasteiger partial charge >= 0.3 is 11.7 Å². The first-order chi connectivity index (χ1) is 11.6. The second-order valence-corrected chi connectivity index (χ2v) is 5.10. The van der Waals surface area contributed by atoms with Crippen molar-refractivity contribution in [3.8, 4) is 0 Å². The molecule has 1 aliphatic rings. The van der Waals surface area contributed by atoms with E-state index >= 15 is 0 Å². The van der Waals surface area contributed by atoms with Crippen molar-refractivity contribution >= 4 is 23.3 Å². The predicted octanol–water partition coefficient (Wildman–Crippen LogP) is 1.70. The summed E-state index contributed by atoms with van der Waals surface area (Å²) in [6, 6.07) is 1.30. The molecular formula is C15H21N5O4. The Morgan fingerprint density at radius 1 is 1.50 bits per heavy atom. The Morgan fingerprint density at radius 2 is 2.29 bits per heavy atom. The molecule has 1 N–H and O–H groups in total. The Balaban J connectivity index is 2.09. The Hall–Kier alpha value is -2.71. The molecule has 0 unspecified atom stereocenters. The first kappa shape index (κ1) is 17.6. The Labute approximate surface area is 139 Å². The predicted molar refractivity (Wildman–Crippen MR) is 89.5 cm³/mol. The number of carbonyl (C=O) groups excluding carboxylic acids is 1. The highest BCUT2D eigenvalue weighted by atomic mass is 16.6. The van der Waals surface area contributed by atoms with E-state index in [0.717, 1.165) is 25.3 Å². The lowest BCUT2D eigenvalue weighted by molar-refractivity contribution is -0.384. The summed E-state index contributed by atoms with van der Waals surface area (Å²) in [6.45, 7) is 6.58. The van der Waals surface area contributed by atoms with Gasteiger partial charge in [-0.1, -0.05) is 6.92 Å². The van der Waals surface area contributed by atoms with Crippen LogP contribution in [0.3, 0.4) is 0 Å². The number of rotatable bonds is 8. The fourth-order valence-corrected chi connectivity index (χ4v) is 2.56. The highest BCUT2D eigenvalue weighted by Crippen LogP contribution is 2.26. The third-order valence-corrected chi connectivity index (χ3v) is 3.62. The van der Waals surface area contributed by atoms with Crippen LogP contribution in [-0.4, -0.2) is 59.4 Å². The molecule has 0 spiro atoms. The van der Waals surface area contributed by atoms with Crippen LogP contribution in [0.1, 0.15) is 30.6 Å². The lowest BCUT2D eigenvalue weighted by atomic mass is 10.2. The van der Waals surface area contributed by atoms with E-state index in [-0.39, 0.29) is 23.7 Å². The number of aromatic nitrogens is 1. The topological polar surface area (TPSA) is 110 Å². The van der Waals surface area contributed by atoms with Crippen LogP contribution >= 0.6 is 0 Å². The second kappa shape index (κ2) is 8.23. The molecule has 1 aliphatic heterocycles. The number of pyridine rings is 1. The molecule has 9 nitrogen and oxygen atoms in total. The molecule has 1 aromatic rings. The van der Waals surface area contributed by atoms with Crippen molar-refractivity contribution in [1.29, 1.82) is 0 Å². The number of hydrogen-bond donors (Lipinski definition) is 1. The highest BCUT2D eigenvalue weighted by molar-refractivity contribution is 5.96. The molecule has 0 aliphatic carbocycles. The number of anilines is 1. The smallest absolute Gasteiger partial charge is 0.345 e. The quantitative estimate of drug-likeness (QED) is 0.437. The van der Waals surface area contributed by atoms with Gasteiger partial charge in [0.1, 0.15) is 5.56 Å². The van der Waals surface area contributed by atoms with Gasteiger partial charge in [0.2, 0.25) is 5.82 Å². The van der Waals surface area contributed by atoms with E-state index in [2.05, 4.69) is 20.2 Å². The average molecular weight is 335 g/mol. The van der Waals surface area contributed by atoms with Gasteiger partial charge in [-0.15, -0.1) is 0 Å². The lowest BCUT2D eigenvalue weighted by Gasteiger charge is -2.19. The number of amidine groups is 1. The molecule has 0 radical (unpaired) electrons. The van der Waals surface area contributed by atoms with Crippen molar-refractivity contribution in [1.82, 2.24) is 9.88 Å². The van der Waals surface area contributed by atoms with Gasteiger partial charge in [-0.2, -0.15) is 0 Å². The van der Waals surface area contributed by atoms with E-state index in [1.807, 2.05) is 6.92 Å². The molecule has 24 heavy (non-hydrogen) atoms. The van der Waals surface area contributed by atoms with Crippen LogP contribution in [0, 0.1) is 10.1 Å². The van der Waals surface area contributed by atoms with Crippen LogP contribution in [0.4, 0.5) is 11.5 Å². The summed E-state index contributed by atoms with van der Waals surface area (Å²) in [5.74, 6) is 0.383. The van der Waals surface area contributed by atoms with Crippen LogP contribution < -0.4 is 5.32 Å². The van der Waals surface area contributed by atoms with Gasteiger partial charge in [-0.3, -0.25) is 15.1 Å². The van der Waals surface area contributed by atoms with Crippen molar-refractivity contribution in [3.05, 3.63) is 27.9 Å². The van der Waals surface area contributed by atoms with Gasteiger partial charge in [0.05, 0.1) is 23.9 Å². The number of ether oxygens (including phenoxy) is 1. The van der Waals surface area contributed by atoms with Crippen molar-refractivity contribution in [2.24, 2.45) is 4.99 Å². The van der Waals surface area contributed by atoms with Crippen LogP contribution in [0.2, 0.25) is 0 Å². The summed E-state index contributed by atoms with van der Waals surface area (Å²) in [5, 5.41) is 14.3.